The van der Waals surface area contributed by atoms with Crippen LogP contribution >= 0.6 is 25.3 Å². The van der Waals surface area contributed by atoms with E-state index in [-0.39, 0.29) is 0 Å². The highest BCUT2D eigenvalue weighted by molar-refractivity contribution is 7.84. The van der Waals surface area contributed by atoms with Crippen molar-refractivity contribution in [3.8, 4) is 11.3 Å². The van der Waals surface area contributed by atoms with Crippen molar-refractivity contribution < 1.29 is 0 Å². The standard InChI is InChI=1S/C34H46N4S.CH4S/c1-6-13-37-14-16-38(17-15-37)24-27(4)33-31(23-36-34(33)30-19-25(2)18-26(3)20-30)22-32(39)21-28(5)35-12-8-11-29-9-7-10-29;1-2/h6,12,18-20,22-23,29,36,39H,1,4-5,7-11,13-17,21,24H2,2-3H3;2H,1H3/b32-22-,35-12?;. The molecule has 6 heteroatoms. The number of nitrogens with one attached hydrogen (secondary N) is 1. The average molecular weight is 591 g/mol. The lowest BCUT2D eigenvalue weighted by Gasteiger charge is -2.34. The van der Waals surface area contributed by atoms with Crippen LogP contribution in [0.5, 0.6) is 0 Å². The zero-order valence-electron chi connectivity index (χ0n) is 25.5. The summed E-state index contributed by atoms with van der Waals surface area (Å²) in [7, 11) is 0. The number of hydrogen-bond acceptors (Lipinski definition) is 5. The molecule has 0 amide bonds. The number of aliphatic imine (C=N–C) groups is 1. The van der Waals surface area contributed by atoms with Crippen molar-refractivity contribution in [3.05, 3.63) is 83.1 Å². The summed E-state index contributed by atoms with van der Waals surface area (Å²) in [4.78, 5) is 14.1. The van der Waals surface area contributed by atoms with Gasteiger partial charge in [0.25, 0.3) is 0 Å². The Labute approximate surface area is 260 Å². The number of H-pyrrole nitrogens is 1. The minimum absolute atomic E-state index is 0.643. The predicted molar refractivity (Wildman–Crippen MR) is 189 cm³/mol. The lowest BCUT2D eigenvalue weighted by Crippen LogP contribution is -2.46. The van der Waals surface area contributed by atoms with E-state index in [1.807, 2.05) is 12.3 Å². The molecule has 0 radical (unpaired) electrons. The summed E-state index contributed by atoms with van der Waals surface area (Å²) in [5.74, 6) is 0.910. The van der Waals surface area contributed by atoms with E-state index in [1.54, 1.807) is 6.26 Å². The summed E-state index contributed by atoms with van der Waals surface area (Å²) in [6, 6.07) is 6.71. The molecule has 2 fully saturated rings. The SMILES string of the molecule is C=CCN1CCN(CC(=C)c2c(/C=C(\S)CC(=C)N=CCCC3CCC3)c[nH]c2-c2cc(C)cc(C)c2)CC1.CS. The van der Waals surface area contributed by atoms with E-state index >= 15 is 0 Å². The van der Waals surface area contributed by atoms with Crippen LogP contribution in [0.15, 0.2) is 65.8 Å². The van der Waals surface area contributed by atoms with Crippen LogP contribution in [0, 0.1) is 19.8 Å². The number of piperazine rings is 1. The van der Waals surface area contributed by atoms with Crippen LogP contribution in [0.3, 0.4) is 0 Å². The van der Waals surface area contributed by atoms with E-state index in [0.29, 0.717) is 6.42 Å². The molecular formula is C35H50N4S2. The number of hydrogen-bond donors (Lipinski definition) is 3. The molecule has 222 valence electrons. The Balaban J connectivity index is 0.00000226. The first-order chi connectivity index (χ1) is 19.8. The van der Waals surface area contributed by atoms with Gasteiger partial charge in [-0.05, 0) is 73.1 Å². The van der Waals surface area contributed by atoms with Gasteiger partial charge in [-0.3, -0.25) is 14.8 Å². The van der Waals surface area contributed by atoms with E-state index in [4.69, 9.17) is 12.6 Å². The third-order valence-corrected chi connectivity index (χ3v) is 8.24. The second kappa shape index (κ2) is 17.0. The van der Waals surface area contributed by atoms with Gasteiger partial charge in [-0.2, -0.15) is 12.6 Å². The molecule has 0 spiro atoms. The summed E-state index contributed by atoms with van der Waals surface area (Å²) in [6.07, 6.45) is 17.1. The van der Waals surface area contributed by atoms with Crippen molar-refractivity contribution in [2.45, 2.75) is 52.4 Å². The molecule has 1 aromatic carbocycles. The van der Waals surface area contributed by atoms with Crippen molar-refractivity contribution in [1.82, 2.24) is 14.8 Å². The zero-order valence-corrected chi connectivity index (χ0v) is 27.3. The van der Waals surface area contributed by atoms with Crippen LogP contribution in [-0.2, 0) is 0 Å². The number of rotatable bonds is 13. The van der Waals surface area contributed by atoms with Crippen molar-refractivity contribution in [2.24, 2.45) is 10.9 Å². The van der Waals surface area contributed by atoms with E-state index in [0.717, 1.165) is 79.0 Å². The van der Waals surface area contributed by atoms with Crippen molar-refractivity contribution >= 4 is 43.1 Å². The second-order valence-electron chi connectivity index (χ2n) is 11.4. The first-order valence-electron chi connectivity index (χ1n) is 14.9. The molecule has 1 saturated carbocycles. The van der Waals surface area contributed by atoms with Crippen molar-refractivity contribution in [1.29, 1.82) is 0 Å². The molecule has 4 nitrogen and oxygen atoms in total. The lowest BCUT2D eigenvalue weighted by molar-refractivity contribution is 0.155. The first kappa shape index (κ1) is 33.3. The number of aromatic nitrogens is 1. The number of allylic oxidation sites excluding steroid dienone is 1. The summed E-state index contributed by atoms with van der Waals surface area (Å²) < 4.78 is 0. The minimum atomic E-state index is 0.643. The topological polar surface area (TPSA) is 34.6 Å². The highest BCUT2D eigenvalue weighted by Gasteiger charge is 2.21. The van der Waals surface area contributed by atoms with Gasteiger partial charge in [-0.15, -0.1) is 19.2 Å². The highest BCUT2D eigenvalue weighted by atomic mass is 32.1. The van der Waals surface area contributed by atoms with Gasteiger partial charge >= 0.3 is 0 Å². The van der Waals surface area contributed by atoms with Gasteiger partial charge < -0.3 is 4.98 Å². The number of thiol groups is 2. The average Bonchev–Trinajstić information content (AvgIpc) is 3.33. The third-order valence-electron chi connectivity index (χ3n) is 7.95. The monoisotopic (exact) mass is 590 g/mol. The molecule has 2 aliphatic rings. The van der Waals surface area contributed by atoms with Gasteiger partial charge in [0, 0.05) is 74.9 Å². The molecule has 1 N–H and O–H groups in total. The Morgan fingerprint density at radius 3 is 2.32 bits per heavy atom. The molecule has 0 atom stereocenters. The van der Waals surface area contributed by atoms with Gasteiger partial charge in [-0.1, -0.05) is 55.7 Å². The molecule has 0 unspecified atom stereocenters. The minimum Gasteiger partial charge on any atom is -0.360 e. The van der Waals surface area contributed by atoms with Gasteiger partial charge in [0.2, 0.25) is 0 Å². The molecule has 0 bridgehead atoms. The number of benzene rings is 1. The number of aryl methyl sites for hydroxylation is 2. The van der Waals surface area contributed by atoms with Crippen molar-refractivity contribution in [3.63, 3.8) is 0 Å². The molecule has 41 heavy (non-hydrogen) atoms. The van der Waals surface area contributed by atoms with Gasteiger partial charge in [0.1, 0.15) is 0 Å². The normalized spacial score (nSPS) is 16.8. The first-order valence-corrected chi connectivity index (χ1v) is 16.2. The van der Waals surface area contributed by atoms with Crippen LogP contribution < -0.4 is 0 Å². The fourth-order valence-corrected chi connectivity index (χ4v) is 6.03. The molecule has 4 rings (SSSR count). The zero-order chi connectivity index (χ0) is 29.8. The third kappa shape index (κ3) is 10.2. The Kier molecular flexibility index (Phi) is 13.8. The maximum Gasteiger partial charge on any atom is 0.0537 e. The molecule has 1 aliphatic heterocycles. The quantitative estimate of drug-likeness (QED) is 0.124. The Bertz CT molecular complexity index is 1210. The Morgan fingerprint density at radius 1 is 1.05 bits per heavy atom. The fourth-order valence-electron chi connectivity index (χ4n) is 5.71. The summed E-state index contributed by atoms with van der Waals surface area (Å²) in [5.41, 5.74) is 9.11. The van der Waals surface area contributed by atoms with Crippen LogP contribution in [0.1, 0.15) is 60.8 Å². The maximum atomic E-state index is 4.85. The molecule has 1 saturated heterocycles. The van der Waals surface area contributed by atoms with Crippen LogP contribution in [0.2, 0.25) is 0 Å². The Morgan fingerprint density at radius 2 is 1.71 bits per heavy atom. The largest absolute Gasteiger partial charge is 0.360 e. The van der Waals surface area contributed by atoms with Gasteiger partial charge in [0.15, 0.2) is 0 Å². The van der Waals surface area contributed by atoms with Crippen LogP contribution in [-0.4, -0.2) is 66.5 Å². The number of nitrogens with zero attached hydrogens (tertiary/aromatic N) is 3. The summed E-state index contributed by atoms with van der Waals surface area (Å²) >= 11 is 8.38. The van der Waals surface area contributed by atoms with Gasteiger partial charge in [-0.25, -0.2) is 0 Å². The summed E-state index contributed by atoms with van der Waals surface area (Å²) in [5, 5.41) is 0. The fraction of sp³-hybridized carbons (Fsp3) is 0.457. The Hall–Kier alpha value is -2.25. The lowest BCUT2D eigenvalue weighted by atomic mass is 9.82. The van der Waals surface area contributed by atoms with Crippen LogP contribution in [0.4, 0.5) is 0 Å². The summed E-state index contributed by atoms with van der Waals surface area (Å²) in [6.45, 7) is 23.0. The highest BCUT2D eigenvalue weighted by Crippen LogP contribution is 2.34. The van der Waals surface area contributed by atoms with Crippen LogP contribution in [0.25, 0.3) is 22.9 Å². The second-order valence-corrected chi connectivity index (χ2v) is 12.0. The smallest absolute Gasteiger partial charge is 0.0537 e. The van der Waals surface area contributed by atoms with E-state index in [9.17, 15) is 0 Å². The van der Waals surface area contributed by atoms with E-state index in [2.05, 4.69) is 96.5 Å². The maximum absolute atomic E-state index is 4.85. The molecule has 2 aromatic rings. The molecule has 2 heterocycles. The molecule has 1 aliphatic carbocycles. The van der Waals surface area contributed by atoms with Crippen molar-refractivity contribution in [2.75, 3.05) is 45.5 Å². The van der Waals surface area contributed by atoms with E-state index < -0.39 is 0 Å². The van der Waals surface area contributed by atoms with Gasteiger partial charge in [0.05, 0.1) is 5.69 Å². The predicted octanol–water partition coefficient (Wildman–Crippen LogP) is 8.49. The van der Waals surface area contributed by atoms with E-state index in [1.165, 1.54) is 47.9 Å². The number of aromatic amines is 1. The molecular weight excluding hydrogens is 541 g/mol. The molecule has 1 aromatic heterocycles.